The van der Waals surface area contributed by atoms with E-state index in [1.807, 2.05) is 0 Å². The Morgan fingerprint density at radius 1 is 1.43 bits per heavy atom. The highest BCUT2D eigenvalue weighted by Crippen LogP contribution is 2.19. The third kappa shape index (κ3) is 2.60. The zero-order valence-corrected chi connectivity index (χ0v) is 8.84. The van der Waals surface area contributed by atoms with Gasteiger partial charge >= 0.3 is 0 Å². The van der Waals surface area contributed by atoms with Gasteiger partial charge in [0.2, 0.25) is 0 Å². The molecule has 3 nitrogen and oxygen atoms in total. The smallest absolute Gasteiger partial charge is 0.177 e. The average molecular weight is 211 g/mol. The Morgan fingerprint density at radius 2 is 2.07 bits per heavy atom. The van der Waals surface area contributed by atoms with Crippen molar-refractivity contribution in [2.75, 3.05) is 18.1 Å². The van der Waals surface area contributed by atoms with Crippen LogP contribution >= 0.6 is 0 Å². The summed E-state index contributed by atoms with van der Waals surface area (Å²) in [5.74, 6) is 0. The van der Waals surface area contributed by atoms with Gasteiger partial charge in [0.15, 0.2) is 9.84 Å². The lowest BCUT2D eigenvalue weighted by Crippen LogP contribution is -2.05. The number of rotatable bonds is 4. The van der Waals surface area contributed by atoms with E-state index in [0.717, 1.165) is 0 Å². The minimum absolute atomic E-state index is 0.321. The fourth-order valence-corrected chi connectivity index (χ4v) is 1.98. The van der Waals surface area contributed by atoms with E-state index in [9.17, 15) is 8.42 Å². The van der Waals surface area contributed by atoms with Gasteiger partial charge in [-0.1, -0.05) is 18.2 Å². The maximum Gasteiger partial charge on any atom is 0.177 e. The Labute approximate surface area is 84.4 Å². The van der Waals surface area contributed by atoms with Crippen molar-refractivity contribution in [3.05, 3.63) is 36.9 Å². The average Bonchev–Trinajstić information content (AvgIpc) is 2.14. The zero-order chi connectivity index (χ0) is 10.6. The predicted octanol–water partition coefficient (Wildman–Crippen LogP) is 1.69. The summed E-state index contributed by atoms with van der Waals surface area (Å²) in [7, 11) is -3.16. The summed E-state index contributed by atoms with van der Waals surface area (Å²) in [5.41, 5.74) is 0.620. The van der Waals surface area contributed by atoms with Crippen LogP contribution in [0, 0.1) is 0 Å². The van der Waals surface area contributed by atoms with E-state index < -0.39 is 9.84 Å². The van der Waals surface area contributed by atoms with Crippen molar-refractivity contribution >= 4 is 15.5 Å². The van der Waals surface area contributed by atoms with Crippen LogP contribution in [0.25, 0.3) is 0 Å². The normalized spacial score (nSPS) is 10.9. The van der Waals surface area contributed by atoms with Crippen LogP contribution in [0.1, 0.15) is 0 Å². The topological polar surface area (TPSA) is 46.2 Å². The Bertz CT molecular complexity index is 424. The summed E-state index contributed by atoms with van der Waals surface area (Å²) in [6.07, 6.45) is 2.88. The van der Waals surface area contributed by atoms with Gasteiger partial charge in [0, 0.05) is 12.8 Å². The monoisotopic (exact) mass is 211 g/mol. The molecule has 1 aromatic rings. The van der Waals surface area contributed by atoms with E-state index >= 15 is 0 Å². The zero-order valence-electron chi connectivity index (χ0n) is 8.03. The van der Waals surface area contributed by atoms with Gasteiger partial charge in [0.05, 0.1) is 10.6 Å². The molecule has 0 aliphatic heterocycles. The largest absolute Gasteiger partial charge is 0.381 e. The highest BCUT2D eigenvalue weighted by molar-refractivity contribution is 7.90. The molecule has 14 heavy (non-hydrogen) atoms. The first kappa shape index (κ1) is 10.8. The van der Waals surface area contributed by atoms with Crippen molar-refractivity contribution in [1.29, 1.82) is 0 Å². The molecule has 1 N–H and O–H groups in total. The van der Waals surface area contributed by atoms with Crippen molar-refractivity contribution in [1.82, 2.24) is 0 Å². The molecule has 0 atom stereocenters. The number of hydrogen-bond donors (Lipinski definition) is 1. The molecular weight excluding hydrogens is 198 g/mol. The summed E-state index contributed by atoms with van der Waals surface area (Å²) in [4.78, 5) is 0.321. The fourth-order valence-electron chi connectivity index (χ4n) is 1.12. The second-order valence-electron chi connectivity index (χ2n) is 2.94. The number of para-hydroxylation sites is 1. The van der Waals surface area contributed by atoms with Gasteiger partial charge in [-0.3, -0.25) is 0 Å². The Hall–Kier alpha value is -1.29. The first-order valence-corrected chi connectivity index (χ1v) is 6.08. The van der Waals surface area contributed by atoms with Gasteiger partial charge in [-0.15, -0.1) is 6.58 Å². The first-order chi connectivity index (χ1) is 6.55. The van der Waals surface area contributed by atoms with E-state index in [2.05, 4.69) is 11.9 Å². The number of nitrogens with one attached hydrogen (secondary N) is 1. The summed E-state index contributed by atoms with van der Waals surface area (Å²) in [6.45, 7) is 4.10. The van der Waals surface area contributed by atoms with E-state index in [1.54, 1.807) is 30.3 Å². The van der Waals surface area contributed by atoms with Crippen molar-refractivity contribution in [2.24, 2.45) is 0 Å². The quantitative estimate of drug-likeness (QED) is 0.771. The van der Waals surface area contributed by atoms with Crippen LogP contribution in [-0.2, 0) is 9.84 Å². The van der Waals surface area contributed by atoms with Gasteiger partial charge in [-0.25, -0.2) is 8.42 Å². The van der Waals surface area contributed by atoms with Crippen LogP contribution in [0.2, 0.25) is 0 Å². The van der Waals surface area contributed by atoms with Crippen LogP contribution in [0.4, 0.5) is 5.69 Å². The molecular formula is C10H13NO2S. The maximum atomic E-state index is 11.4. The van der Waals surface area contributed by atoms with Gasteiger partial charge in [0.1, 0.15) is 0 Å². The Kier molecular flexibility index (Phi) is 3.30. The molecule has 0 heterocycles. The minimum atomic E-state index is -3.16. The fraction of sp³-hybridized carbons (Fsp3) is 0.200. The lowest BCUT2D eigenvalue weighted by Gasteiger charge is -2.08. The SMILES string of the molecule is C=CCNc1ccccc1S(C)(=O)=O. The molecule has 0 aromatic heterocycles. The second-order valence-corrected chi connectivity index (χ2v) is 4.92. The lowest BCUT2D eigenvalue weighted by atomic mass is 10.3. The first-order valence-electron chi connectivity index (χ1n) is 4.19. The molecule has 0 radical (unpaired) electrons. The van der Waals surface area contributed by atoms with E-state index in [1.165, 1.54) is 6.26 Å². The molecule has 0 saturated carbocycles. The third-order valence-corrected chi connectivity index (χ3v) is 2.88. The highest BCUT2D eigenvalue weighted by Gasteiger charge is 2.11. The second kappa shape index (κ2) is 4.28. The molecule has 4 heteroatoms. The summed E-state index contributed by atoms with van der Waals surface area (Å²) >= 11 is 0. The number of anilines is 1. The summed E-state index contributed by atoms with van der Waals surface area (Å²) < 4.78 is 22.7. The summed E-state index contributed by atoms with van der Waals surface area (Å²) in [6, 6.07) is 6.82. The number of hydrogen-bond acceptors (Lipinski definition) is 3. The standard InChI is InChI=1S/C10H13NO2S/c1-3-8-11-9-6-4-5-7-10(9)14(2,12)13/h3-7,11H,1,8H2,2H3. The van der Waals surface area contributed by atoms with Gasteiger partial charge in [-0.05, 0) is 12.1 Å². The van der Waals surface area contributed by atoms with Crippen molar-refractivity contribution in [2.45, 2.75) is 4.90 Å². The van der Waals surface area contributed by atoms with E-state index in [0.29, 0.717) is 17.1 Å². The van der Waals surface area contributed by atoms with E-state index in [4.69, 9.17) is 0 Å². The van der Waals surface area contributed by atoms with Crippen LogP contribution in [-0.4, -0.2) is 21.2 Å². The molecule has 0 unspecified atom stereocenters. The number of sulfone groups is 1. The predicted molar refractivity (Wildman–Crippen MR) is 58.2 cm³/mol. The lowest BCUT2D eigenvalue weighted by molar-refractivity contribution is 0.602. The third-order valence-electron chi connectivity index (χ3n) is 1.72. The molecule has 0 aliphatic rings. The van der Waals surface area contributed by atoms with Gasteiger partial charge < -0.3 is 5.32 Å². The van der Waals surface area contributed by atoms with Crippen molar-refractivity contribution in [3.8, 4) is 0 Å². The van der Waals surface area contributed by atoms with Crippen LogP contribution in [0.15, 0.2) is 41.8 Å². The highest BCUT2D eigenvalue weighted by atomic mass is 32.2. The minimum Gasteiger partial charge on any atom is -0.381 e. The number of benzene rings is 1. The summed E-state index contributed by atoms with van der Waals surface area (Å²) in [5, 5.41) is 2.97. The van der Waals surface area contributed by atoms with E-state index in [-0.39, 0.29) is 0 Å². The van der Waals surface area contributed by atoms with Crippen molar-refractivity contribution < 1.29 is 8.42 Å². The van der Waals surface area contributed by atoms with Crippen LogP contribution in [0.3, 0.4) is 0 Å². The molecule has 0 bridgehead atoms. The molecule has 0 amide bonds. The molecule has 0 saturated heterocycles. The van der Waals surface area contributed by atoms with Crippen molar-refractivity contribution in [3.63, 3.8) is 0 Å². The molecule has 0 aliphatic carbocycles. The molecule has 0 fully saturated rings. The molecule has 76 valence electrons. The maximum absolute atomic E-state index is 11.4. The Balaban J connectivity index is 3.10. The van der Waals surface area contributed by atoms with Crippen LogP contribution in [0.5, 0.6) is 0 Å². The molecule has 1 rings (SSSR count). The molecule has 0 spiro atoms. The van der Waals surface area contributed by atoms with Gasteiger partial charge in [0.25, 0.3) is 0 Å². The van der Waals surface area contributed by atoms with Gasteiger partial charge in [-0.2, -0.15) is 0 Å². The Morgan fingerprint density at radius 3 is 2.64 bits per heavy atom. The molecule has 1 aromatic carbocycles. The van der Waals surface area contributed by atoms with Crippen LogP contribution < -0.4 is 5.32 Å².